The highest BCUT2D eigenvalue weighted by Gasteiger charge is 2.34. The molecule has 0 aromatic carbocycles. The molecule has 100 valence electrons. The van der Waals surface area contributed by atoms with Crippen molar-refractivity contribution in [1.29, 1.82) is 0 Å². The molecule has 0 atom stereocenters. The first-order valence-electron chi connectivity index (χ1n) is 7.75. The Morgan fingerprint density at radius 3 is 2.11 bits per heavy atom. The Morgan fingerprint density at radius 1 is 1.06 bits per heavy atom. The van der Waals surface area contributed by atoms with Crippen LogP contribution in [0.3, 0.4) is 0 Å². The van der Waals surface area contributed by atoms with E-state index >= 15 is 0 Å². The third-order valence-corrected chi connectivity index (χ3v) is 9.56. The summed E-state index contributed by atoms with van der Waals surface area (Å²) >= 11 is 2.01. The van der Waals surface area contributed by atoms with Crippen molar-refractivity contribution in [1.82, 2.24) is 0 Å². The molecular formula is C16H25PS. The van der Waals surface area contributed by atoms with Gasteiger partial charge in [0.1, 0.15) is 0 Å². The highest BCUT2D eigenvalue weighted by molar-refractivity contribution is 7.67. The van der Waals surface area contributed by atoms with E-state index in [0.29, 0.717) is 0 Å². The summed E-state index contributed by atoms with van der Waals surface area (Å²) in [6, 6.07) is 2.49. The molecule has 0 unspecified atom stereocenters. The van der Waals surface area contributed by atoms with E-state index in [9.17, 15) is 0 Å². The van der Waals surface area contributed by atoms with Crippen LogP contribution >= 0.6 is 19.3 Å². The number of aryl methyl sites for hydroxylation is 1. The molecule has 0 nitrogen and oxygen atoms in total. The Labute approximate surface area is 117 Å². The standard InChI is InChI=1S/C16H25PS/c1-2-16-15(11-12-18-16)17(13-7-3-4-8-13)14-9-5-6-10-14/h11-14H,2-10H2,1H3. The van der Waals surface area contributed by atoms with Crippen molar-refractivity contribution < 1.29 is 0 Å². The first-order valence-corrected chi connectivity index (χ1v) is 10.1. The van der Waals surface area contributed by atoms with Gasteiger partial charge in [0, 0.05) is 4.88 Å². The summed E-state index contributed by atoms with van der Waals surface area (Å²) < 4.78 is 0. The van der Waals surface area contributed by atoms with E-state index in [-0.39, 0.29) is 7.92 Å². The van der Waals surface area contributed by atoms with Gasteiger partial charge in [0.25, 0.3) is 0 Å². The Bertz CT molecular complexity index is 356. The molecule has 0 radical (unpaired) electrons. The van der Waals surface area contributed by atoms with E-state index in [0.717, 1.165) is 11.3 Å². The van der Waals surface area contributed by atoms with Crippen LogP contribution in [0.5, 0.6) is 0 Å². The molecule has 18 heavy (non-hydrogen) atoms. The number of hydrogen-bond donors (Lipinski definition) is 0. The van der Waals surface area contributed by atoms with Gasteiger partial charge in [0.15, 0.2) is 0 Å². The second-order valence-corrected chi connectivity index (χ2v) is 9.62. The SMILES string of the molecule is CCc1sccc1P(C1CCCC1)C1CCCC1. The van der Waals surface area contributed by atoms with Crippen LogP contribution < -0.4 is 5.30 Å². The van der Waals surface area contributed by atoms with E-state index in [1.165, 1.54) is 57.8 Å². The van der Waals surface area contributed by atoms with Crippen LogP contribution in [-0.2, 0) is 6.42 Å². The summed E-state index contributed by atoms with van der Waals surface area (Å²) in [5, 5.41) is 4.17. The number of hydrogen-bond acceptors (Lipinski definition) is 1. The zero-order chi connectivity index (χ0) is 12.4. The normalized spacial score (nSPS) is 22.3. The van der Waals surface area contributed by atoms with Gasteiger partial charge in [-0.1, -0.05) is 40.5 Å². The van der Waals surface area contributed by atoms with Crippen molar-refractivity contribution in [2.45, 2.75) is 76.0 Å². The quantitative estimate of drug-likeness (QED) is 0.656. The van der Waals surface area contributed by atoms with Crippen LogP contribution in [0.1, 0.15) is 63.2 Å². The minimum atomic E-state index is 0.163. The molecular weight excluding hydrogens is 255 g/mol. The molecule has 1 aromatic heterocycles. The summed E-state index contributed by atoms with van der Waals surface area (Å²) in [6.07, 6.45) is 13.4. The van der Waals surface area contributed by atoms with Crippen LogP contribution in [0.4, 0.5) is 0 Å². The molecule has 2 aliphatic carbocycles. The van der Waals surface area contributed by atoms with Crippen LogP contribution in [0.25, 0.3) is 0 Å². The monoisotopic (exact) mass is 280 g/mol. The molecule has 0 saturated heterocycles. The lowest BCUT2D eigenvalue weighted by Gasteiger charge is -2.30. The highest BCUT2D eigenvalue weighted by atomic mass is 32.1. The van der Waals surface area contributed by atoms with Crippen LogP contribution in [0.2, 0.25) is 0 Å². The lowest BCUT2D eigenvalue weighted by molar-refractivity contribution is 0.835. The average molecular weight is 280 g/mol. The average Bonchev–Trinajstić information content (AvgIpc) is 3.13. The Hall–Kier alpha value is 0.130. The summed E-state index contributed by atoms with van der Waals surface area (Å²) in [7, 11) is 0.163. The predicted molar refractivity (Wildman–Crippen MR) is 84.8 cm³/mol. The summed E-state index contributed by atoms with van der Waals surface area (Å²) in [4.78, 5) is 1.71. The van der Waals surface area contributed by atoms with Gasteiger partial charge in [-0.3, -0.25) is 0 Å². The van der Waals surface area contributed by atoms with Crippen molar-refractivity contribution in [2.75, 3.05) is 0 Å². The minimum absolute atomic E-state index is 0.163. The summed E-state index contributed by atoms with van der Waals surface area (Å²) in [5.41, 5.74) is 2.14. The molecule has 1 heterocycles. The van der Waals surface area contributed by atoms with Gasteiger partial charge in [-0.05, 0) is 60.2 Å². The lowest BCUT2D eigenvalue weighted by atomic mass is 10.3. The molecule has 2 fully saturated rings. The fourth-order valence-electron chi connectivity index (χ4n) is 3.88. The molecule has 0 bridgehead atoms. The highest BCUT2D eigenvalue weighted by Crippen LogP contribution is 2.57. The molecule has 0 aliphatic heterocycles. The van der Waals surface area contributed by atoms with Gasteiger partial charge < -0.3 is 0 Å². The predicted octanol–water partition coefficient (Wildman–Crippen LogP) is 5.30. The topological polar surface area (TPSA) is 0 Å². The van der Waals surface area contributed by atoms with Crippen molar-refractivity contribution in [3.05, 3.63) is 16.3 Å². The van der Waals surface area contributed by atoms with Crippen molar-refractivity contribution in [2.24, 2.45) is 0 Å². The van der Waals surface area contributed by atoms with Crippen LogP contribution in [0.15, 0.2) is 11.4 Å². The van der Waals surface area contributed by atoms with E-state index in [4.69, 9.17) is 0 Å². The maximum absolute atomic E-state index is 2.49. The molecule has 2 aliphatic rings. The minimum Gasteiger partial charge on any atom is -0.148 e. The largest absolute Gasteiger partial charge is 0.148 e. The maximum atomic E-state index is 2.49. The van der Waals surface area contributed by atoms with Gasteiger partial charge in [0.2, 0.25) is 0 Å². The molecule has 3 rings (SSSR count). The second-order valence-electron chi connectivity index (χ2n) is 5.87. The zero-order valence-corrected chi connectivity index (χ0v) is 13.2. The molecule has 2 saturated carbocycles. The molecule has 2 heteroatoms. The first kappa shape index (κ1) is 13.1. The van der Waals surface area contributed by atoms with Crippen molar-refractivity contribution in [3.8, 4) is 0 Å². The molecule has 0 amide bonds. The summed E-state index contributed by atoms with van der Waals surface area (Å²) in [6.45, 7) is 2.34. The third-order valence-electron chi connectivity index (χ3n) is 4.76. The summed E-state index contributed by atoms with van der Waals surface area (Å²) in [5.74, 6) is 0. The molecule has 0 N–H and O–H groups in total. The Balaban J connectivity index is 1.88. The van der Waals surface area contributed by atoms with Crippen molar-refractivity contribution >= 4 is 24.6 Å². The van der Waals surface area contributed by atoms with Gasteiger partial charge in [-0.2, -0.15) is 0 Å². The smallest absolute Gasteiger partial charge is 0.0119 e. The number of thiophene rings is 1. The van der Waals surface area contributed by atoms with Gasteiger partial charge in [0.05, 0.1) is 0 Å². The fourth-order valence-corrected chi connectivity index (χ4v) is 9.10. The van der Waals surface area contributed by atoms with Gasteiger partial charge in [-0.25, -0.2) is 0 Å². The Kier molecular flexibility index (Phi) is 4.42. The van der Waals surface area contributed by atoms with E-state index < -0.39 is 0 Å². The lowest BCUT2D eigenvalue weighted by Crippen LogP contribution is -2.20. The van der Waals surface area contributed by atoms with Crippen LogP contribution in [0, 0.1) is 0 Å². The van der Waals surface area contributed by atoms with Gasteiger partial charge in [-0.15, -0.1) is 11.3 Å². The van der Waals surface area contributed by atoms with Crippen molar-refractivity contribution in [3.63, 3.8) is 0 Å². The van der Waals surface area contributed by atoms with E-state index in [2.05, 4.69) is 18.4 Å². The van der Waals surface area contributed by atoms with Crippen LogP contribution in [-0.4, -0.2) is 11.3 Å². The van der Waals surface area contributed by atoms with E-state index in [1.807, 2.05) is 16.6 Å². The molecule has 0 spiro atoms. The Morgan fingerprint density at radius 2 is 1.61 bits per heavy atom. The van der Waals surface area contributed by atoms with Gasteiger partial charge >= 0.3 is 0 Å². The second kappa shape index (κ2) is 6.06. The first-order chi connectivity index (χ1) is 8.90. The number of rotatable bonds is 4. The third kappa shape index (κ3) is 2.54. The zero-order valence-electron chi connectivity index (χ0n) is 11.5. The van der Waals surface area contributed by atoms with E-state index in [1.54, 1.807) is 4.88 Å². The molecule has 1 aromatic rings. The maximum Gasteiger partial charge on any atom is 0.0119 e. The fraction of sp³-hybridized carbons (Fsp3) is 0.750.